The van der Waals surface area contributed by atoms with E-state index in [4.69, 9.17) is 8.75 Å². The molecular formula is C62H94N4O2S. The van der Waals surface area contributed by atoms with E-state index in [1.54, 1.807) is 0 Å². The molecule has 0 spiro atoms. The van der Waals surface area contributed by atoms with E-state index in [1.165, 1.54) is 120 Å². The second-order valence-corrected chi connectivity index (χ2v) is 23.7. The summed E-state index contributed by atoms with van der Waals surface area (Å²) >= 11 is 1.26. The average molecular weight is 960 g/mol. The quantitative estimate of drug-likeness (QED) is 0.0407. The Labute approximate surface area is 422 Å². The summed E-state index contributed by atoms with van der Waals surface area (Å²) < 4.78 is 14.1. The Hall–Kier alpha value is -3.58. The average Bonchev–Trinajstić information content (AvgIpc) is 4.11. The van der Waals surface area contributed by atoms with Gasteiger partial charge in [-0.3, -0.25) is 18.4 Å². The van der Waals surface area contributed by atoms with E-state index in [0.29, 0.717) is 22.6 Å². The lowest BCUT2D eigenvalue weighted by Gasteiger charge is -2.30. The van der Waals surface area contributed by atoms with E-state index >= 15 is 9.59 Å². The third-order valence-electron chi connectivity index (χ3n) is 17.3. The molecule has 0 aliphatic rings. The number of fused-ring (bicyclic) bond motifs is 4. The van der Waals surface area contributed by atoms with Crippen LogP contribution in [0.15, 0.2) is 46.0 Å². The minimum Gasteiger partial charge on any atom is -0.280 e. The van der Waals surface area contributed by atoms with Crippen LogP contribution in [-0.4, -0.2) is 17.5 Å². The molecule has 0 aliphatic carbocycles. The highest BCUT2D eigenvalue weighted by Gasteiger charge is 2.35. The number of hydrogen-bond acceptors (Lipinski definition) is 5. The van der Waals surface area contributed by atoms with Gasteiger partial charge < -0.3 is 0 Å². The molecule has 0 saturated heterocycles. The standard InChI is InChI=1S/C62H94N4O2S/c1-13-17-21-25-27-31-35-45(33-29-23-19-15-3)53-50-40-39-49(47-37-38-48(61(9,10)43(5)6)58-57(47)63-69-64-58)65(50)59(67)55-54(46(34-30-24-20-16-4)36-32-28-26-22-18-14-2)51-41-42-52(62(11,12)44(7)8)66(51)60(68)56(53)55/h37-46H,13-36H2,1-12H3. The van der Waals surface area contributed by atoms with Crippen LogP contribution in [0.5, 0.6) is 0 Å². The van der Waals surface area contributed by atoms with Crippen molar-refractivity contribution in [1.82, 2.24) is 17.5 Å². The molecular weight excluding hydrogens is 865 g/mol. The van der Waals surface area contributed by atoms with E-state index in [1.807, 2.05) is 0 Å². The van der Waals surface area contributed by atoms with Gasteiger partial charge in [-0.15, -0.1) is 0 Å². The summed E-state index contributed by atoms with van der Waals surface area (Å²) in [7, 11) is 0. The number of benzene rings is 1. The lowest BCUT2D eigenvalue weighted by Crippen LogP contribution is -2.32. The van der Waals surface area contributed by atoms with Crippen molar-refractivity contribution in [2.45, 2.75) is 260 Å². The third kappa shape index (κ3) is 11.9. The van der Waals surface area contributed by atoms with Crippen molar-refractivity contribution in [1.29, 1.82) is 0 Å². The van der Waals surface area contributed by atoms with E-state index in [2.05, 4.69) is 128 Å². The predicted octanol–water partition coefficient (Wildman–Crippen LogP) is 18.7. The third-order valence-corrected chi connectivity index (χ3v) is 17.8. The van der Waals surface area contributed by atoms with Crippen LogP contribution < -0.4 is 11.1 Å². The lowest BCUT2D eigenvalue weighted by molar-refractivity contribution is 0.359. The van der Waals surface area contributed by atoms with Crippen molar-refractivity contribution in [3.05, 3.63) is 79.5 Å². The Bertz CT molecular complexity index is 2660. The number of rotatable bonds is 31. The first-order chi connectivity index (χ1) is 33.2. The molecule has 0 saturated carbocycles. The Balaban J connectivity index is 1.75. The molecule has 0 radical (unpaired) electrons. The predicted molar refractivity (Wildman–Crippen MR) is 301 cm³/mol. The summed E-state index contributed by atoms with van der Waals surface area (Å²) in [6.07, 6.45) is 28.2. The maximum Gasteiger partial charge on any atom is 0.264 e. The first kappa shape index (κ1) is 54.7. The zero-order chi connectivity index (χ0) is 49.9. The summed E-state index contributed by atoms with van der Waals surface area (Å²) in [5, 5.41) is 1.40. The zero-order valence-corrected chi connectivity index (χ0v) is 46.6. The Morgan fingerprint density at radius 3 is 1.36 bits per heavy atom. The van der Waals surface area contributed by atoms with Crippen LogP contribution in [0.3, 0.4) is 0 Å². The molecule has 0 bridgehead atoms. The van der Waals surface area contributed by atoms with E-state index in [0.717, 1.165) is 102 Å². The van der Waals surface area contributed by atoms with Crippen LogP contribution >= 0.6 is 11.7 Å². The minimum atomic E-state index is -0.263. The second kappa shape index (κ2) is 25.2. The van der Waals surface area contributed by atoms with Gasteiger partial charge >= 0.3 is 0 Å². The van der Waals surface area contributed by atoms with E-state index in [9.17, 15) is 0 Å². The highest BCUT2D eigenvalue weighted by molar-refractivity contribution is 7.00. The van der Waals surface area contributed by atoms with Gasteiger partial charge in [0.25, 0.3) is 11.1 Å². The van der Waals surface area contributed by atoms with E-state index < -0.39 is 0 Å². The van der Waals surface area contributed by atoms with Crippen molar-refractivity contribution in [3.8, 4) is 11.3 Å². The molecule has 0 aliphatic heterocycles. The molecule has 69 heavy (non-hydrogen) atoms. The number of hydrogen-bond donors (Lipinski definition) is 0. The fraction of sp³-hybridized carbons (Fsp3) is 0.677. The van der Waals surface area contributed by atoms with Gasteiger partial charge in [-0.25, -0.2) is 0 Å². The summed E-state index contributed by atoms with van der Waals surface area (Å²) in [6.45, 7) is 27.5. The Kier molecular flexibility index (Phi) is 20.0. The minimum absolute atomic E-state index is 0.00647. The van der Waals surface area contributed by atoms with Gasteiger partial charge in [0.05, 0.1) is 39.2 Å². The van der Waals surface area contributed by atoms with Crippen molar-refractivity contribution < 1.29 is 0 Å². The van der Waals surface area contributed by atoms with Gasteiger partial charge in [0, 0.05) is 16.7 Å². The topological polar surface area (TPSA) is 68.7 Å². The molecule has 5 heterocycles. The molecule has 6 aromatic rings. The van der Waals surface area contributed by atoms with Gasteiger partial charge in [0.1, 0.15) is 11.0 Å². The monoisotopic (exact) mass is 959 g/mol. The molecule has 6 rings (SSSR count). The number of aromatic nitrogens is 4. The summed E-state index contributed by atoms with van der Waals surface area (Å²) in [6, 6.07) is 13.3. The van der Waals surface area contributed by atoms with Gasteiger partial charge in [0.2, 0.25) is 0 Å². The van der Waals surface area contributed by atoms with Gasteiger partial charge in [-0.2, -0.15) is 8.75 Å². The Morgan fingerprint density at radius 2 is 0.884 bits per heavy atom. The van der Waals surface area contributed by atoms with Crippen LogP contribution in [0.2, 0.25) is 0 Å². The Morgan fingerprint density at radius 1 is 0.478 bits per heavy atom. The largest absolute Gasteiger partial charge is 0.280 e. The SMILES string of the molecule is CCCCCCCCC(CCCCCC)c1c2c(=O)n3c(C(C)(C)C(C)C)ccc3c(C(CCCCCC)CCCCCCCC)c2c(=O)n2c(-c3ccc(C(C)(C)C(C)C)c4nsnc34)ccc12. The molecule has 2 atom stereocenters. The van der Waals surface area contributed by atoms with Crippen LogP contribution in [-0.2, 0) is 10.8 Å². The second-order valence-electron chi connectivity index (χ2n) is 23.1. The first-order valence-corrected chi connectivity index (χ1v) is 29.2. The zero-order valence-electron chi connectivity index (χ0n) is 45.8. The summed E-state index contributed by atoms with van der Waals surface area (Å²) in [4.78, 5) is 32.6. The molecule has 5 aromatic heterocycles. The first-order valence-electron chi connectivity index (χ1n) is 28.5. The maximum absolute atomic E-state index is 16.4. The molecule has 6 nitrogen and oxygen atoms in total. The summed E-state index contributed by atoms with van der Waals surface area (Å²) in [5.74, 6) is 1.01. The highest BCUT2D eigenvalue weighted by Crippen LogP contribution is 2.44. The van der Waals surface area contributed by atoms with Crippen molar-refractivity contribution >= 4 is 44.6 Å². The van der Waals surface area contributed by atoms with Crippen molar-refractivity contribution in [2.24, 2.45) is 11.8 Å². The van der Waals surface area contributed by atoms with Crippen molar-refractivity contribution in [2.75, 3.05) is 0 Å². The van der Waals surface area contributed by atoms with Crippen LogP contribution in [0.1, 0.15) is 271 Å². The molecule has 0 N–H and O–H groups in total. The van der Waals surface area contributed by atoms with Gasteiger partial charge in [0.15, 0.2) is 0 Å². The van der Waals surface area contributed by atoms with Gasteiger partial charge in [-0.05, 0) is 95.7 Å². The highest BCUT2D eigenvalue weighted by atomic mass is 32.1. The normalized spacial score (nSPS) is 13.7. The van der Waals surface area contributed by atoms with Crippen LogP contribution in [0.4, 0.5) is 0 Å². The molecule has 1 aromatic carbocycles. The van der Waals surface area contributed by atoms with Crippen LogP contribution in [0, 0.1) is 11.8 Å². The van der Waals surface area contributed by atoms with Gasteiger partial charge in [-0.1, -0.05) is 224 Å². The number of unbranched alkanes of at least 4 members (excludes halogenated alkanes) is 16. The fourth-order valence-corrected chi connectivity index (χ4v) is 12.1. The lowest BCUT2D eigenvalue weighted by atomic mass is 9.74. The summed E-state index contributed by atoms with van der Waals surface area (Å²) in [5.41, 5.74) is 9.56. The maximum atomic E-state index is 16.4. The van der Waals surface area contributed by atoms with Crippen LogP contribution in [0.25, 0.3) is 44.1 Å². The smallest absolute Gasteiger partial charge is 0.264 e. The number of pyridine rings is 2. The molecule has 2 unspecified atom stereocenters. The molecule has 0 fully saturated rings. The molecule has 7 heteroatoms. The van der Waals surface area contributed by atoms with Crippen molar-refractivity contribution in [3.63, 3.8) is 0 Å². The molecule has 380 valence electrons. The fourth-order valence-electron chi connectivity index (χ4n) is 11.5. The molecule has 0 amide bonds. The number of nitrogens with zero attached hydrogens (tertiary/aromatic N) is 4. The van der Waals surface area contributed by atoms with E-state index in [-0.39, 0.29) is 33.8 Å².